The Morgan fingerprint density at radius 2 is 1.63 bits per heavy atom. The molecule has 0 N–H and O–H groups in total. The Kier molecular flexibility index (Phi) is 6.77. The van der Waals surface area contributed by atoms with Gasteiger partial charge in [0.25, 0.3) is 15.9 Å². The Labute approximate surface area is 181 Å². The van der Waals surface area contributed by atoms with Crippen molar-refractivity contribution in [1.29, 1.82) is 0 Å². The van der Waals surface area contributed by atoms with Crippen molar-refractivity contribution in [3.05, 3.63) is 95.0 Å². The third-order valence-electron chi connectivity index (χ3n) is 4.51. The van der Waals surface area contributed by atoms with Gasteiger partial charge in [-0.05, 0) is 48.0 Å². The molecule has 0 aliphatic heterocycles. The molecule has 0 bridgehead atoms. The van der Waals surface area contributed by atoms with Gasteiger partial charge >= 0.3 is 0 Å². The molecule has 3 aromatic rings. The Morgan fingerprint density at radius 1 is 0.967 bits per heavy atom. The number of sulfonamides is 1. The van der Waals surface area contributed by atoms with Crippen LogP contribution in [0.3, 0.4) is 0 Å². The second-order valence-corrected chi connectivity index (χ2v) is 8.79. The smallest absolute Gasteiger partial charge is 0.274 e. The van der Waals surface area contributed by atoms with E-state index in [4.69, 9.17) is 16.4 Å². The summed E-state index contributed by atoms with van der Waals surface area (Å²) in [6.07, 6.45) is 0. The molecule has 0 saturated carbocycles. The van der Waals surface area contributed by atoms with Crippen LogP contribution in [0.4, 0.5) is 5.69 Å². The topological polar surface area (TPSA) is 66.9 Å². The summed E-state index contributed by atoms with van der Waals surface area (Å²) in [5, 5.41) is 1.54. The molecule has 30 heavy (non-hydrogen) atoms. The largest absolute Gasteiger partial charge is 0.277 e. The van der Waals surface area contributed by atoms with Gasteiger partial charge in [-0.3, -0.25) is 13.9 Å². The van der Waals surface area contributed by atoms with Gasteiger partial charge in [0.15, 0.2) is 0 Å². The summed E-state index contributed by atoms with van der Waals surface area (Å²) in [6.45, 7) is 0.126. The number of carbonyl (C=O) groups is 1. The second kappa shape index (κ2) is 9.30. The Morgan fingerprint density at radius 3 is 2.27 bits per heavy atom. The molecule has 3 aromatic carbocycles. The van der Waals surface area contributed by atoms with Crippen molar-refractivity contribution in [2.45, 2.75) is 11.4 Å². The van der Waals surface area contributed by atoms with Crippen LogP contribution in [0, 0.1) is 0 Å². The number of benzene rings is 3. The molecule has 1 amide bonds. The molecule has 0 fully saturated rings. The molecular weight excluding hydrogens is 424 g/mol. The number of nitrogens with zero attached hydrogens (tertiary/aromatic N) is 2. The first kappa shape index (κ1) is 21.8. The predicted molar refractivity (Wildman–Crippen MR) is 117 cm³/mol. The first-order valence-corrected chi connectivity index (χ1v) is 10.9. The summed E-state index contributed by atoms with van der Waals surface area (Å²) in [6, 6.07) is 21.7. The summed E-state index contributed by atoms with van der Waals surface area (Å²) in [7, 11) is -1.16. The highest BCUT2D eigenvalue weighted by Crippen LogP contribution is 2.28. The van der Waals surface area contributed by atoms with E-state index in [2.05, 4.69) is 0 Å². The SMILES string of the molecule is CON(C)C(=O)c1cccc(S(=O)(=O)N(Cc2ccccc2)c2ccc(Cl)cc2)c1. The van der Waals surface area contributed by atoms with Crippen molar-refractivity contribution >= 4 is 33.2 Å². The first-order valence-electron chi connectivity index (χ1n) is 9.07. The minimum atomic E-state index is -3.97. The highest BCUT2D eigenvalue weighted by Gasteiger charge is 2.26. The van der Waals surface area contributed by atoms with Gasteiger partial charge in [0.2, 0.25) is 0 Å². The number of anilines is 1. The number of hydroxylamine groups is 2. The zero-order chi connectivity index (χ0) is 21.7. The molecule has 0 saturated heterocycles. The quantitative estimate of drug-likeness (QED) is 0.507. The molecule has 0 aliphatic carbocycles. The zero-order valence-corrected chi connectivity index (χ0v) is 18.1. The molecule has 3 rings (SSSR count). The second-order valence-electron chi connectivity index (χ2n) is 6.49. The lowest BCUT2D eigenvalue weighted by molar-refractivity contribution is -0.0757. The molecule has 0 atom stereocenters. The van der Waals surface area contributed by atoms with Crippen LogP contribution in [0.25, 0.3) is 0 Å². The van der Waals surface area contributed by atoms with E-state index in [1.807, 2.05) is 30.3 Å². The number of hydrogen-bond donors (Lipinski definition) is 0. The van der Waals surface area contributed by atoms with E-state index in [1.165, 1.54) is 36.7 Å². The number of halogens is 1. The van der Waals surface area contributed by atoms with Gasteiger partial charge in [-0.25, -0.2) is 13.5 Å². The maximum Gasteiger partial charge on any atom is 0.277 e. The average Bonchev–Trinajstić information content (AvgIpc) is 2.78. The van der Waals surface area contributed by atoms with E-state index in [0.29, 0.717) is 10.7 Å². The Bertz CT molecular complexity index is 1120. The van der Waals surface area contributed by atoms with Crippen LogP contribution in [0.15, 0.2) is 83.8 Å². The molecule has 6 nitrogen and oxygen atoms in total. The monoisotopic (exact) mass is 444 g/mol. The van der Waals surface area contributed by atoms with Crippen LogP contribution in [0.5, 0.6) is 0 Å². The molecule has 8 heteroatoms. The number of carbonyl (C=O) groups excluding carboxylic acids is 1. The lowest BCUT2D eigenvalue weighted by atomic mass is 10.2. The van der Waals surface area contributed by atoms with E-state index in [9.17, 15) is 13.2 Å². The van der Waals surface area contributed by atoms with Crippen molar-refractivity contribution in [3.63, 3.8) is 0 Å². The summed E-state index contributed by atoms with van der Waals surface area (Å²) in [4.78, 5) is 17.3. The summed E-state index contributed by atoms with van der Waals surface area (Å²) < 4.78 is 28.4. The fourth-order valence-corrected chi connectivity index (χ4v) is 4.48. The first-order chi connectivity index (χ1) is 14.3. The Balaban J connectivity index is 2.06. The van der Waals surface area contributed by atoms with Crippen LogP contribution >= 0.6 is 11.6 Å². The lowest BCUT2D eigenvalue weighted by Crippen LogP contribution is -2.31. The molecule has 156 valence electrons. The Hall–Kier alpha value is -2.87. The summed E-state index contributed by atoms with van der Waals surface area (Å²) in [5.74, 6) is -0.448. The van der Waals surface area contributed by atoms with Gasteiger partial charge in [0.05, 0.1) is 24.2 Å². The molecule has 0 unspecified atom stereocenters. The van der Waals surface area contributed by atoms with Crippen LogP contribution in [0.1, 0.15) is 15.9 Å². The van der Waals surface area contributed by atoms with Gasteiger partial charge in [-0.2, -0.15) is 0 Å². The predicted octanol–water partition coefficient (Wildman–Crippen LogP) is 4.37. The maximum absolute atomic E-state index is 13.6. The normalized spacial score (nSPS) is 11.2. The highest BCUT2D eigenvalue weighted by atomic mass is 35.5. The minimum Gasteiger partial charge on any atom is -0.274 e. The average molecular weight is 445 g/mol. The zero-order valence-electron chi connectivity index (χ0n) is 16.5. The number of amides is 1. The number of hydrogen-bond acceptors (Lipinski definition) is 4. The molecule has 0 aromatic heterocycles. The van der Waals surface area contributed by atoms with E-state index >= 15 is 0 Å². The van der Waals surface area contributed by atoms with Crippen molar-refractivity contribution in [3.8, 4) is 0 Å². The van der Waals surface area contributed by atoms with Gasteiger partial charge in [-0.15, -0.1) is 0 Å². The fourth-order valence-electron chi connectivity index (χ4n) is 2.85. The highest BCUT2D eigenvalue weighted by molar-refractivity contribution is 7.92. The molecule has 0 heterocycles. The van der Waals surface area contributed by atoms with Crippen molar-refractivity contribution in [1.82, 2.24) is 5.06 Å². The maximum atomic E-state index is 13.6. The third kappa shape index (κ3) is 4.81. The molecule has 0 radical (unpaired) electrons. The number of rotatable bonds is 7. The van der Waals surface area contributed by atoms with Crippen molar-refractivity contribution in [2.75, 3.05) is 18.5 Å². The summed E-state index contributed by atoms with van der Waals surface area (Å²) in [5.41, 5.74) is 1.49. The standard InChI is InChI=1S/C22H21ClN2O4S/c1-24(29-2)22(26)18-9-6-10-21(15-18)30(27,28)25(16-17-7-4-3-5-8-17)20-13-11-19(23)12-14-20/h3-15H,16H2,1-2H3. The van der Waals surface area contributed by atoms with Crippen LogP contribution < -0.4 is 4.31 Å². The van der Waals surface area contributed by atoms with Crippen molar-refractivity contribution < 1.29 is 18.0 Å². The van der Waals surface area contributed by atoms with E-state index in [-0.39, 0.29) is 17.0 Å². The van der Waals surface area contributed by atoms with E-state index in [0.717, 1.165) is 10.6 Å². The van der Waals surface area contributed by atoms with E-state index in [1.54, 1.807) is 30.3 Å². The fraction of sp³-hybridized carbons (Fsp3) is 0.136. The van der Waals surface area contributed by atoms with Gasteiger partial charge < -0.3 is 0 Å². The van der Waals surface area contributed by atoms with Gasteiger partial charge in [-0.1, -0.05) is 48.0 Å². The molecular formula is C22H21ClN2O4S. The molecule has 0 spiro atoms. The van der Waals surface area contributed by atoms with E-state index < -0.39 is 15.9 Å². The third-order valence-corrected chi connectivity index (χ3v) is 6.53. The van der Waals surface area contributed by atoms with Crippen LogP contribution in [-0.4, -0.2) is 33.5 Å². The lowest BCUT2D eigenvalue weighted by Gasteiger charge is -2.25. The molecule has 0 aliphatic rings. The van der Waals surface area contributed by atoms with Crippen LogP contribution in [0.2, 0.25) is 5.02 Å². The minimum absolute atomic E-state index is 0.00346. The van der Waals surface area contributed by atoms with Crippen LogP contribution in [-0.2, 0) is 21.4 Å². The van der Waals surface area contributed by atoms with Gasteiger partial charge in [0, 0.05) is 17.6 Å². The summed E-state index contributed by atoms with van der Waals surface area (Å²) >= 11 is 5.98. The van der Waals surface area contributed by atoms with Crippen molar-refractivity contribution in [2.24, 2.45) is 0 Å². The van der Waals surface area contributed by atoms with Gasteiger partial charge in [0.1, 0.15) is 0 Å².